The maximum atomic E-state index is 11.9. The normalized spacial score (nSPS) is 15.9. The van der Waals surface area contributed by atoms with Crippen molar-refractivity contribution in [2.24, 2.45) is 0 Å². The fourth-order valence-corrected chi connectivity index (χ4v) is 4.19. The van der Waals surface area contributed by atoms with Crippen LogP contribution in [0.4, 0.5) is 0 Å². The lowest BCUT2D eigenvalue weighted by Gasteiger charge is -2.28. The summed E-state index contributed by atoms with van der Waals surface area (Å²) in [6.07, 6.45) is 15.1. The van der Waals surface area contributed by atoms with Crippen molar-refractivity contribution in [1.29, 1.82) is 0 Å². The minimum Gasteiger partial charge on any atom is -0.756 e. The average molecular weight is 512 g/mol. The number of unbranched alkanes of at least 4 members (excludes halogenated alkanes) is 11. The van der Waals surface area contributed by atoms with Crippen molar-refractivity contribution >= 4 is 7.82 Å². The van der Waals surface area contributed by atoms with Crippen LogP contribution in [-0.4, -0.2) is 83.0 Å². The van der Waals surface area contributed by atoms with Crippen molar-refractivity contribution in [3.8, 4) is 0 Å². The molecule has 8 nitrogen and oxygen atoms in total. The monoisotopic (exact) mass is 511 g/mol. The molecular weight excluding hydrogens is 457 g/mol. The summed E-state index contributed by atoms with van der Waals surface area (Å²) >= 11 is 0. The largest absolute Gasteiger partial charge is 0.756 e. The average Bonchev–Trinajstić information content (AvgIpc) is 2.75. The number of aliphatic hydroxyl groups excluding tert-OH is 1. The van der Waals surface area contributed by atoms with Crippen LogP contribution in [0.15, 0.2) is 0 Å². The molecule has 0 heterocycles. The predicted octanol–water partition coefficient (Wildman–Crippen LogP) is 4.68. The molecule has 0 aromatic rings. The van der Waals surface area contributed by atoms with Crippen LogP contribution in [0, 0.1) is 0 Å². The lowest BCUT2D eigenvalue weighted by atomic mass is 10.0. The number of hydrogen-bond donors (Lipinski definition) is 1. The Hall–Kier alpha value is -0.0500. The Bertz CT molecular complexity index is 502. The molecule has 0 aliphatic heterocycles. The zero-order valence-electron chi connectivity index (χ0n) is 22.7. The van der Waals surface area contributed by atoms with Gasteiger partial charge in [-0.1, -0.05) is 84.0 Å². The van der Waals surface area contributed by atoms with Gasteiger partial charge < -0.3 is 33.0 Å². The van der Waals surface area contributed by atoms with Gasteiger partial charge in [-0.15, -0.1) is 0 Å². The highest BCUT2D eigenvalue weighted by molar-refractivity contribution is 7.45. The van der Waals surface area contributed by atoms with E-state index in [4.69, 9.17) is 18.5 Å². The Morgan fingerprint density at radius 3 is 1.85 bits per heavy atom. The van der Waals surface area contributed by atoms with Crippen LogP contribution in [-0.2, 0) is 23.1 Å². The van der Waals surface area contributed by atoms with E-state index in [1.165, 1.54) is 71.3 Å². The van der Waals surface area contributed by atoms with E-state index in [-0.39, 0.29) is 26.4 Å². The third-order valence-corrected chi connectivity index (χ3v) is 6.73. The first-order valence-corrected chi connectivity index (χ1v) is 14.7. The summed E-state index contributed by atoms with van der Waals surface area (Å²) in [6.45, 7) is 3.02. The Morgan fingerprint density at radius 2 is 1.35 bits per heavy atom. The van der Waals surface area contributed by atoms with E-state index >= 15 is 0 Å². The van der Waals surface area contributed by atoms with Crippen LogP contribution in [0.2, 0.25) is 0 Å². The number of quaternary nitrogens is 1. The molecule has 0 rings (SSSR count). The number of nitrogens with zero attached hydrogens (tertiary/aromatic N) is 1. The van der Waals surface area contributed by atoms with Crippen LogP contribution in [0.5, 0.6) is 0 Å². The summed E-state index contributed by atoms with van der Waals surface area (Å²) < 4.78 is 33.0. The van der Waals surface area contributed by atoms with E-state index in [1.807, 2.05) is 21.1 Å². The molecule has 1 N–H and O–H groups in total. The van der Waals surface area contributed by atoms with Crippen molar-refractivity contribution in [3.05, 3.63) is 0 Å². The van der Waals surface area contributed by atoms with Crippen LogP contribution in [0.1, 0.15) is 90.4 Å². The molecular formula is C25H54NO7P. The van der Waals surface area contributed by atoms with Gasteiger partial charge in [0.25, 0.3) is 7.82 Å². The van der Waals surface area contributed by atoms with Crippen LogP contribution in [0.3, 0.4) is 0 Å². The SMILES string of the molecule is CCCCCCCCCCCCCCC(O)COCC(COP(=O)([O-])OCC[N+](C)(C)C)OC. The van der Waals surface area contributed by atoms with Crippen LogP contribution >= 0.6 is 7.82 Å². The van der Waals surface area contributed by atoms with Gasteiger partial charge >= 0.3 is 0 Å². The maximum absolute atomic E-state index is 11.9. The summed E-state index contributed by atoms with van der Waals surface area (Å²) in [7, 11) is 2.93. The molecule has 3 unspecified atom stereocenters. The standard InChI is InChI=1S/C25H54NO7P/c1-6-7-8-9-10-11-12-13-14-15-16-17-18-24(27)21-31-22-25(30-5)23-33-34(28,29)32-20-19-26(2,3)4/h24-25,27H,6-23H2,1-5H3. The number of ether oxygens (including phenoxy) is 2. The van der Waals surface area contributed by atoms with Crippen LogP contribution in [0.25, 0.3) is 0 Å². The second-order valence-electron chi connectivity index (χ2n) is 10.3. The van der Waals surface area contributed by atoms with E-state index in [1.54, 1.807) is 0 Å². The molecule has 9 heteroatoms. The lowest BCUT2D eigenvalue weighted by Crippen LogP contribution is -2.37. The van der Waals surface area contributed by atoms with Crippen LogP contribution < -0.4 is 4.89 Å². The topological polar surface area (TPSA) is 97.3 Å². The van der Waals surface area contributed by atoms with Gasteiger partial charge in [-0.05, 0) is 6.42 Å². The van der Waals surface area contributed by atoms with E-state index in [0.29, 0.717) is 17.4 Å². The van der Waals surface area contributed by atoms with Gasteiger partial charge in [-0.2, -0.15) is 0 Å². The number of methoxy groups -OCH3 is 1. The van der Waals surface area contributed by atoms with E-state index in [0.717, 1.165) is 12.8 Å². The molecule has 206 valence electrons. The first kappa shape index (κ1) is 34.0. The molecule has 0 radical (unpaired) electrons. The minimum atomic E-state index is -4.38. The second-order valence-corrected chi connectivity index (χ2v) is 11.7. The molecule has 0 saturated heterocycles. The zero-order chi connectivity index (χ0) is 25.7. The quantitative estimate of drug-likeness (QED) is 0.108. The number of phosphoric ester groups is 1. The molecule has 0 aromatic heterocycles. The summed E-state index contributed by atoms with van der Waals surface area (Å²) in [4.78, 5) is 11.9. The highest BCUT2D eigenvalue weighted by Gasteiger charge is 2.17. The minimum absolute atomic E-state index is 0.0593. The number of aliphatic hydroxyl groups is 1. The molecule has 0 amide bonds. The molecule has 0 aliphatic carbocycles. The number of likely N-dealkylation sites (N-methyl/N-ethyl adjacent to an activating group) is 1. The van der Waals surface area contributed by atoms with Gasteiger partial charge in [0.15, 0.2) is 0 Å². The number of rotatable bonds is 25. The fourth-order valence-electron chi connectivity index (χ4n) is 3.46. The van der Waals surface area contributed by atoms with Crippen molar-refractivity contribution in [2.45, 2.75) is 103 Å². The summed E-state index contributed by atoms with van der Waals surface area (Å²) in [5.41, 5.74) is 0. The Labute approximate surface area is 209 Å². The van der Waals surface area contributed by atoms with Crippen molar-refractivity contribution in [3.63, 3.8) is 0 Å². The van der Waals surface area contributed by atoms with E-state index in [9.17, 15) is 14.6 Å². The molecule has 0 spiro atoms. The molecule has 34 heavy (non-hydrogen) atoms. The second kappa shape index (κ2) is 21.1. The molecule has 0 saturated carbocycles. The number of hydrogen-bond acceptors (Lipinski definition) is 7. The van der Waals surface area contributed by atoms with E-state index < -0.39 is 20.0 Å². The Kier molecular flexibility index (Phi) is 21.0. The molecule has 3 atom stereocenters. The summed E-state index contributed by atoms with van der Waals surface area (Å²) in [6, 6.07) is 0. The predicted molar refractivity (Wildman–Crippen MR) is 136 cm³/mol. The third-order valence-electron chi connectivity index (χ3n) is 5.77. The smallest absolute Gasteiger partial charge is 0.268 e. The van der Waals surface area contributed by atoms with Crippen molar-refractivity contribution in [2.75, 3.05) is 61.2 Å². The van der Waals surface area contributed by atoms with Gasteiger partial charge in [0, 0.05) is 7.11 Å². The fraction of sp³-hybridized carbons (Fsp3) is 1.00. The number of phosphoric acid groups is 1. The molecule has 0 aliphatic rings. The summed E-state index contributed by atoms with van der Waals surface area (Å²) in [5.74, 6) is 0. The van der Waals surface area contributed by atoms with Gasteiger partial charge in [0.05, 0.1) is 47.1 Å². The highest BCUT2D eigenvalue weighted by Crippen LogP contribution is 2.38. The maximum Gasteiger partial charge on any atom is 0.268 e. The lowest BCUT2D eigenvalue weighted by molar-refractivity contribution is -0.870. The zero-order valence-corrected chi connectivity index (χ0v) is 23.6. The third kappa shape index (κ3) is 23.7. The molecule has 0 fully saturated rings. The molecule has 0 bridgehead atoms. The van der Waals surface area contributed by atoms with Gasteiger partial charge in [-0.3, -0.25) is 4.57 Å². The van der Waals surface area contributed by atoms with Crippen molar-refractivity contribution < 1.29 is 37.6 Å². The summed E-state index contributed by atoms with van der Waals surface area (Å²) in [5, 5.41) is 10.1. The Morgan fingerprint density at radius 1 is 0.824 bits per heavy atom. The van der Waals surface area contributed by atoms with Gasteiger partial charge in [-0.25, -0.2) is 0 Å². The Balaban J connectivity index is 3.69. The first-order chi connectivity index (χ1) is 16.1. The van der Waals surface area contributed by atoms with E-state index in [2.05, 4.69) is 6.92 Å². The van der Waals surface area contributed by atoms with Gasteiger partial charge in [0.1, 0.15) is 19.3 Å². The first-order valence-electron chi connectivity index (χ1n) is 13.3. The molecule has 0 aromatic carbocycles. The van der Waals surface area contributed by atoms with Gasteiger partial charge in [0.2, 0.25) is 0 Å². The van der Waals surface area contributed by atoms with Crippen molar-refractivity contribution in [1.82, 2.24) is 0 Å². The highest BCUT2D eigenvalue weighted by atomic mass is 31.2.